The van der Waals surface area contributed by atoms with E-state index in [1.807, 2.05) is 0 Å². The molecule has 6 rings (SSSR count). The van der Waals surface area contributed by atoms with E-state index in [2.05, 4.69) is 25.3 Å². The zero-order chi connectivity index (χ0) is 35.0. The van der Waals surface area contributed by atoms with E-state index < -0.39 is 29.0 Å². The molecule has 2 saturated heterocycles. The Labute approximate surface area is 281 Å². The number of fused-ring (bicyclic) bond motifs is 1. The maximum absolute atomic E-state index is 14.2. The number of amides is 2. The van der Waals surface area contributed by atoms with Crippen LogP contribution < -0.4 is 20.4 Å². The number of anilines is 2. The van der Waals surface area contributed by atoms with E-state index in [0.717, 1.165) is 18.2 Å². The van der Waals surface area contributed by atoms with Gasteiger partial charge in [0.2, 0.25) is 17.2 Å². The van der Waals surface area contributed by atoms with Crippen LogP contribution in [0.3, 0.4) is 0 Å². The van der Waals surface area contributed by atoms with Crippen molar-refractivity contribution >= 4 is 46.0 Å². The summed E-state index contributed by atoms with van der Waals surface area (Å²) in [6.07, 6.45) is -2.06. The number of hydrogen-bond donors (Lipinski definition) is 2. The lowest BCUT2D eigenvalue weighted by molar-refractivity contribution is -0.137. The van der Waals surface area contributed by atoms with Crippen molar-refractivity contribution in [2.24, 2.45) is 0 Å². The van der Waals surface area contributed by atoms with Gasteiger partial charge < -0.3 is 34.3 Å². The normalized spacial score (nSPS) is 15.3. The van der Waals surface area contributed by atoms with Crippen LogP contribution in [0.5, 0.6) is 11.6 Å². The first kappa shape index (κ1) is 33.9. The first-order valence-corrected chi connectivity index (χ1v) is 15.6. The van der Waals surface area contributed by atoms with Crippen molar-refractivity contribution in [2.45, 2.75) is 39.1 Å². The summed E-state index contributed by atoms with van der Waals surface area (Å²) in [4.78, 5) is 60.8. The lowest BCUT2D eigenvalue weighted by Gasteiger charge is -2.37. The molecule has 0 bridgehead atoms. The number of nitrogens with zero attached hydrogens (tertiary/aromatic N) is 7. The highest BCUT2D eigenvalue weighted by molar-refractivity contribution is 6.33. The van der Waals surface area contributed by atoms with Crippen LogP contribution in [0, 0.1) is 6.92 Å². The summed E-state index contributed by atoms with van der Waals surface area (Å²) in [5.74, 6) is -1.34. The zero-order valence-corrected chi connectivity index (χ0v) is 27.0. The van der Waals surface area contributed by atoms with Crippen molar-refractivity contribution in [2.75, 3.05) is 49.6 Å². The summed E-state index contributed by atoms with van der Waals surface area (Å²) in [6.45, 7) is 4.49. The molecule has 18 heteroatoms. The van der Waals surface area contributed by atoms with Crippen molar-refractivity contribution in [3.05, 3.63) is 68.6 Å². The minimum atomic E-state index is -4.62. The molecule has 4 aromatic rings. The first-order chi connectivity index (χ1) is 23.3. The van der Waals surface area contributed by atoms with Gasteiger partial charge in [-0.1, -0.05) is 18.5 Å². The summed E-state index contributed by atoms with van der Waals surface area (Å²) >= 11 is 6.09. The monoisotopic (exact) mass is 702 g/mol. The molecule has 0 unspecified atom stereocenters. The minimum Gasteiger partial charge on any atom is -0.504 e. The van der Waals surface area contributed by atoms with E-state index in [0.29, 0.717) is 18.9 Å². The Morgan fingerprint density at radius 2 is 1.88 bits per heavy atom. The molecule has 3 aromatic heterocycles. The number of ether oxygens (including phenoxy) is 2. The molecule has 0 aliphatic carbocycles. The number of pyridine rings is 1. The second-order valence-electron chi connectivity index (χ2n) is 11.4. The van der Waals surface area contributed by atoms with Gasteiger partial charge in [0.05, 0.1) is 41.4 Å². The fourth-order valence-corrected chi connectivity index (χ4v) is 5.84. The molecule has 0 atom stereocenters. The number of aromatic nitrogens is 5. The summed E-state index contributed by atoms with van der Waals surface area (Å²) in [7, 11) is 0. The number of halogens is 4. The highest BCUT2D eigenvalue weighted by atomic mass is 35.5. The Hall–Kier alpha value is -5.03. The van der Waals surface area contributed by atoms with Gasteiger partial charge in [0.15, 0.2) is 22.6 Å². The third kappa shape index (κ3) is 6.80. The Bertz CT molecular complexity index is 2000. The number of aryl methyl sites for hydroxylation is 1. The number of carbonyl (C=O) groups is 2. The van der Waals surface area contributed by atoms with Gasteiger partial charge >= 0.3 is 6.18 Å². The largest absolute Gasteiger partial charge is 0.504 e. The highest BCUT2D eigenvalue weighted by Crippen LogP contribution is 2.34. The van der Waals surface area contributed by atoms with Crippen LogP contribution in [-0.4, -0.2) is 91.8 Å². The Morgan fingerprint density at radius 1 is 1.14 bits per heavy atom. The van der Waals surface area contributed by atoms with Crippen molar-refractivity contribution < 1.29 is 37.3 Å². The molecule has 0 radical (unpaired) electrons. The van der Waals surface area contributed by atoms with Crippen LogP contribution in [-0.2, 0) is 28.7 Å². The third-order valence-corrected chi connectivity index (χ3v) is 8.52. The molecule has 2 aliphatic heterocycles. The van der Waals surface area contributed by atoms with Crippen LogP contribution in [0.4, 0.5) is 24.5 Å². The molecule has 5 heterocycles. The predicted molar refractivity (Wildman–Crippen MR) is 170 cm³/mol. The van der Waals surface area contributed by atoms with Gasteiger partial charge in [-0.2, -0.15) is 13.2 Å². The highest BCUT2D eigenvalue weighted by Gasteiger charge is 2.32. The fourth-order valence-electron chi connectivity index (χ4n) is 5.61. The van der Waals surface area contributed by atoms with Gasteiger partial charge in [-0.15, -0.1) is 0 Å². The van der Waals surface area contributed by atoms with Crippen LogP contribution >= 0.6 is 11.6 Å². The average molecular weight is 703 g/mol. The van der Waals surface area contributed by atoms with Crippen molar-refractivity contribution in [1.29, 1.82) is 0 Å². The molecule has 49 heavy (non-hydrogen) atoms. The molecule has 258 valence electrons. The van der Waals surface area contributed by atoms with E-state index in [-0.39, 0.29) is 95.8 Å². The standard InChI is InChI=1S/C31H30ClF3N8O6/c1-3-21-26(41-6-8-42(9-7-41)30(47)25-27(45)16(2)37-15-38-25)28(46)24-29(36-11-23(40-24)49-18-13-48-14-18)43(21)12-22(44)39-20-5-4-17(10-19(20)32)31(33,34)35/h4-5,10-11,15,18,45H,3,6-9,12-14H2,1-2H3,(H,39,44). The van der Waals surface area contributed by atoms with Gasteiger partial charge in [-0.25, -0.2) is 19.9 Å². The van der Waals surface area contributed by atoms with Crippen molar-refractivity contribution in [3.63, 3.8) is 0 Å². The zero-order valence-electron chi connectivity index (χ0n) is 26.3. The molecule has 0 spiro atoms. The molecular weight excluding hydrogens is 673 g/mol. The summed E-state index contributed by atoms with van der Waals surface area (Å²) in [5, 5.41) is 12.6. The fraction of sp³-hybridized carbons (Fsp3) is 0.387. The van der Waals surface area contributed by atoms with Crippen LogP contribution in [0.15, 0.2) is 35.5 Å². The Morgan fingerprint density at radius 3 is 2.51 bits per heavy atom. The quantitative estimate of drug-likeness (QED) is 0.277. The molecular formula is C31H30ClF3N8O6. The van der Waals surface area contributed by atoms with Crippen LogP contribution in [0.25, 0.3) is 11.2 Å². The molecule has 2 fully saturated rings. The average Bonchev–Trinajstić information content (AvgIpc) is 3.05. The van der Waals surface area contributed by atoms with Crippen molar-refractivity contribution in [3.8, 4) is 11.6 Å². The van der Waals surface area contributed by atoms with Gasteiger partial charge in [0, 0.05) is 31.9 Å². The lowest BCUT2D eigenvalue weighted by atomic mass is 10.1. The van der Waals surface area contributed by atoms with Crippen LogP contribution in [0.2, 0.25) is 5.02 Å². The minimum absolute atomic E-state index is 0.0292. The number of carbonyl (C=O) groups excluding carboxylic acids is 2. The van der Waals surface area contributed by atoms with E-state index in [1.165, 1.54) is 22.0 Å². The smallest absolute Gasteiger partial charge is 0.416 e. The summed E-state index contributed by atoms with van der Waals surface area (Å²) in [6, 6.07) is 2.60. The summed E-state index contributed by atoms with van der Waals surface area (Å²) in [5.41, 5.74) is -0.578. The molecule has 1 aromatic carbocycles. The second-order valence-corrected chi connectivity index (χ2v) is 11.8. The maximum Gasteiger partial charge on any atom is 0.416 e. The molecule has 14 nitrogen and oxygen atoms in total. The number of hydrogen-bond acceptors (Lipinski definition) is 11. The molecule has 2 N–H and O–H groups in total. The van der Waals surface area contributed by atoms with E-state index in [1.54, 1.807) is 18.7 Å². The number of aromatic hydroxyl groups is 1. The van der Waals surface area contributed by atoms with Gasteiger partial charge in [-0.3, -0.25) is 14.4 Å². The van der Waals surface area contributed by atoms with Gasteiger partial charge in [0.25, 0.3) is 5.91 Å². The van der Waals surface area contributed by atoms with E-state index in [9.17, 15) is 32.7 Å². The number of alkyl halides is 3. The number of nitrogens with one attached hydrogen (secondary N) is 1. The molecule has 0 saturated carbocycles. The van der Waals surface area contributed by atoms with Gasteiger partial charge in [-0.05, 0) is 31.5 Å². The van der Waals surface area contributed by atoms with Crippen molar-refractivity contribution in [1.82, 2.24) is 29.4 Å². The number of rotatable bonds is 8. The second kappa shape index (κ2) is 13.5. The van der Waals surface area contributed by atoms with E-state index >= 15 is 0 Å². The number of benzene rings is 1. The third-order valence-electron chi connectivity index (χ3n) is 8.21. The topological polar surface area (TPSA) is 165 Å². The predicted octanol–water partition coefficient (Wildman–Crippen LogP) is 3.21. The van der Waals surface area contributed by atoms with Crippen LogP contribution in [0.1, 0.15) is 34.4 Å². The number of piperazine rings is 1. The molecule has 2 aliphatic rings. The first-order valence-electron chi connectivity index (χ1n) is 15.2. The van der Waals surface area contributed by atoms with E-state index in [4.69, 9.17) is 21.1 Å². The lowest BCUT2D eigenvalue weighted by Crippen LogP contribution is -2.50. The Kier molecular flexibility index (Phi) is 9.30. The maximum atomic E-state index is 14.2. The SMILES string of the molecule is CCc1c(N2CCN(C(=O)c3ncnc(C)c3O)CC2)c(=O)c2nc(OC3COC3)cnc2n1CC(=O)Nc1ccc(C(F)(F)F)cc1Cl. The Balaban J connectivity index is 1.33. The molecule has 2 amide bonds. The van der Waals surface area contributed by atoms with Gasteiger partial charge in [0.1, 0.15) is 24.7 Å². The summed E-state index contributed by atoms with van der Waals surface area (Å²) < 4.78 is 51.9.